The van der Waals surface area contributed by atoms with Crippen molar-refractivity contribution >= 4 is 47.3 Å². The summed E-state index contributed by atoms with van der Waals surface area (Å²) in [6.07, 6.45) is -2.20. The van der Waals surface area contributed by atoms with Gasteiger partial charge >= 0.3 is 5.97 Å². The monoisotopic (exact) mass is 456 g/mol. The van der Waals surface area contributed by atoms with Gasteiger partial charge in [-0.1, -0.05) is 11.6 Å². The zero-order chi connectivity index (χ0) is 23.3. The van der Waals surface area contributed by atoms with Crippen molar-refractivity contribution in [3.63, 3.8) is 0 Å². The average molecular weight is 457 g/mol. The molecule has 1 aliphatic heterocycles. The standard InChI is InChI=1S/C19H22ClFN4O6/c1-9(23-17(29)10-2-3-14(22)13(20)4-10)19(31)25-7-11(21)5-15(25)18(30)24-12(8-26)6-16(27)28/h2-4,8-9,11-12,15H,5-7,22H2,1H3,(H,23,29)(H,24,30)(H,27,28). The average Bonchev–Trinajstić information content (AvgIpc) is 3.10. The summed E-state index contributed by atoms with van der Waals surface area (Å²) in [4.78, 5) is 60.3. The molecule has 168 valence electrons. The Hall–Kier alpha value is -3.21. The van der Waals surface area contributed by atoms with Crippen molar-refractivity contribution in [2.24, 2.45) is 0 Å². The van der Waals surface area contributed by atoms with Crippen LogP contribution in [0.15, 0.2) is 18.2 Å². The lowest BCUT2D eigenvalue weighted by Gasteiger charge is -2.27. The number of aldehydes is 1. The molecule has 2 rings (SSSR count). The van der Waals surface area contributed by atoms with Crippen molar-refractivity contribution in [1.29, 1.82) is 0 Å². The Labute approximate surface area is 181 Å². The molecule has 12 heteroatoms. The third kappa shape index (κ3) is 6.14. The lowest BCUT2D eigenvalue weighted by molar-refractivity contribution is -0.141. The van der Waals surface area contributed by atoms with E-state index in [-0.39, 0.29) is 35.5 Å². The van der Waals surface area contributed by atoms with Gasteiger partial charge in [0.25, 0.3) is 5.91 Å². The Morgan fingerprint density at radius 1 is 1.35 bits per heavy atom. The van der Waals surface area contributed by atoms with Crippen LogP contribution in [-0.4, -0.2) is 70.8 Å². The van der Waals surface area contributed by atoms with Crippen LogP contribution < -0.4 is 16.4 Å². The minimum atomic E-state index is -1.49. The summed E-state index contributed by atoms with van der Waals surface area (Å²) in [7, 11) is 0. The third-order valence-electron chi connectivity index (χ3n) is 4.70. The number of hydrogen-bond donors (Lipinski definition) is 4. The molecule has 10 nitrogen and oxygen atoms in total. The molecular weight excluding hydrogens is 435 g/mol. The first-order chi connectivity index (χ1) is 14.5. The number of nitrogen functional groups attached to an aromatic ring is 1. The van der Waals surface area contributed by atoms with Gasteiger partial charge in [-0.05, 0) is 25.1 Å². The molecule has 4 atom stereocenters. The zero-order valence-corrected chi connectivity index (χ0v) is 17.3. The van der Waals surface area contributed by atoms with Gasteiger partial charge in [-0.15, -0.1) is 0 Å². The van der Waals surface area contributed by atoms with E-state index in [0.29, 0.717) is 0 Å². The molecule has 0 aromatic heterocycles. The van der Waals surface area contributed by atoms with E-state index in [1.165, 1.54) is 25.1 Å². The van der Waals surface area contributed by atoms with Gasteiger partial charge in [-0.25, -0.2) is 4.39 Å². The number of nitrogens with two attached hydrogens (primary N) is 1. The number of carbonyl (C=O) groups is 5. The zero-order valence-electron chi connectivity index (χ0n) is 16.5. The van der Waals surface area contributed by atoms with Gasteiger partial charge in [-0.2, -0.15) is 0 Å². The Bertz CT molecular complexity index is 898. The van der Waals surface area contributed by atoms with Gasteiger partial charge in [0.15, 0.2) is 0 Å². The lowest BCUT2D eigenvalue weighted by atomic mass is 10.1. The lowest BCUT2D eigenvalue weighted by Crippen LogP contribution is -2.54. The molecule has 1 saturated heterocycles. The highest BCUT2D eigenvalue weighted by Gasteiger charge is 2.41. The molecule has 1 heterocycles. The van der Waals surface area contributed by atoms with Gasteiger partial charge < -0.3 is 31.2 Å². The predicted molar refractivity (Wildman–Crippen MR) is 108 cm³/mol. The van der Waals surface area contributed by atoms with Crippen molar-refractivity contribution < 1.29 is 33.5 Å². The molecule has 1 aromatic carbocycles. The Morgan fingerprint density at radius 2 is 2.03 bits per heavy atom. The molecule has 0 spiro atoms. The molecule has 5 N–H and O–H groups in total. The maximum absolute atomic E-state index is 14.0. The van der Waals surface area contributed by atoms with E-state index in [0.717, 1.165) is 4.90 Å². The van der Waals surface area contributed by atoms with Crippen LogP contribution in [0.5, 0.6) is 0 Å². The van der Waals surface area contributed by atoms with Crippen LogP contribution in [0.4, 0.5) is 10.1 Å². The van der Waals surface area contributed by atoms with E-state index < -0.39 is 54.4 Å². The number of carbonyl (C=O) groups excluding carboxylic acids is 4. The number of nitrogens with one attached hydrogen (secondary N) is 2. The normalized spacial score (nSPS) is 19.9. The van der Waals surface area contributed by atoms with Gasteiger partial charge in [0.1, 0.15) is 24.5 Å². The van der Waals surface area contributed by atoms with Crippen molar-refractivity contribution in [3.05, 3.63) is 28.8 Å². The van der Waals surface area contributed by atoms with Gasteiger partial charge in [-0.3, -0.25) is 19.2 Å². The molecule has 4 unspecified atom stereocenters. The van der Waals surface area contributed by atoms with Crippen LogP contribution >= 0.6 is 11.6 Å². The highest BCUT2D eigenvalue weighted by Crippen LogP contribution is 2.23. The van der Waals surface area contributed by atoms with Crippen LogP contribution in [0.1, 0.15) is 30.1 Å². The highest BCUT2D eigenvalue weighted by molar-refractivity contribution is 6.33. The van der Waals surface area contributed by atoms with Crippen molar-refractivity contribution in [1.82, 2.24) is 15.5 Å². The number of likely N-dealkylation sites (tertiary alicyclic amines) is 1. The summed E-state index contributed by atoms with van der Waals surface area (Å²) in [6.45, 7) is 0.994. The molecule has 1 fully saturated rings. The second-order valence-electron chi connectivity index (χ2n) is 7.12. The van der Waals surface area contributed by atoms with E-state index in [1.807, 2.05) is 0 Å². The second kappa shape index (κ2) is 10.2. The molecule has 0 saturated carbocycles. The summed E-state index contributed by atoms with van der Waals surface area (Å²) in [5, 5.41) is 13.6. The number of aliphatic carboxylic acids is 1. The smallest absolute Gasteiger partial charge is 0.305 e. The maximum Gasteiger partial charge on any atom is 0.305 e. The quantitative estimate of drug-likeness (QED) is 0.319. The number of amides is 3. The first-order valence-electron chi connectivity index (χ1n) is 9.31. The van der Waals surface area contributed by atoms with E-state index in [9.17, 15) is 28.4 Å². The summed E-state index contributed by atoms with van der Waals surface area (Å²) in [6, 6.07) is 0.510. The highest BCUT2D eigenvalue weighted by atomic mass is 35.5. The van der Waals surface area contributed by atoms with E-state index >= 15 is 0 Å². The number of anilines is 1. The van der Waals surface area contributed by atoms with Crippen molar-refractivity contribution in [2.45, 2.75) is 44.1 Å². The Kier molecular flexibility index (Phi) is 7.92. The number of hydrogen-bond acceptors (Lipinski definition) is 6. The number of carboxylic acids is 1. The Morgan fingerprint density at radius 3 is 2.61 bits per heavy atom. The summed E-state index contributed by atoms with van der Waals surface area (Å²) >= 11 is 5.89. The minimum Gasteiger partial charge on any atom is -0.481 e. The SMILES string of the molecule is CC(NC(=O)c1ccc(N)c(Cl)c1)C(=O)N1CC(F)CC1C(=O)NC(C=O)CC(=O)O. The Balaban J connectivity index is 2.07. The topological polar surface area (TPSA) is 159 Å². The number of nitrogens with zero attached hydrogens (tertiary/aromatic N) is 1. The van der Waals surface area contributed by atoms with E-state index in [1.54, 1.807) is 0 Å². The summed E-state index contributed by atoms with van der Waals surface area (Å²) < 4.78 is 14.0. The fourth-order valence-electron chi connectivity index (χ4n) is 3.14. The third-order valence-corrected chi connectivity index (χ3v) is 5.03. The summed E-state index contributed by atoms with van der Waals surface area (Å²) in [5.41, 5.74) is 6.03. The number of benzene rings is 1. The van der Waals surface area contributed by atoms with Crippen LogP contribution in [0, 0.1) is 0 Å². The second-order valence-corrected chi connectivity index (χ2v) is 7.53. The molecule has 0 bridgehead atoms. The number of alkyl halides is 1. The maximum atomic E-state index is 14.0. The van der Waals surface area contributed by atoms with Crippen LogP contribution in [0.3, 0.4) is 0 Å². The largest absolute Gasteiger partial charge is 0.481 e. The minimum absolute atomic E-state index is 0.153. The molecule has 1 aromatic rings. The van der Waals surface area contributed by atoms with Crippen LogP contribution in [0.25, 0.3) is 0 Å². The van der Waals surface area contributed by atoms with E-state index in [4.69, 9.17) is 22.4 Å². The van der Waals surface area contributed by atoms with Gasteiger partial charge in [0.05, 0.1) is 29.7 Å². The first kappa shape index (κ1) is 24.1. The van der Waals surface area contributed by atoms with Crippen LogP contribution in [-0.2, 0) is 19.2 Å². The summed E-state index contributed by atoms with van der Waals surface area (Å²) in [5.74, 6) is -3.49. The van der Waals surface area contributed by atoms with E-state index in [2.05, 4.69) is 10.6 Å². The molecule has 0 radical (unpaired) electrons. The molecule has 1 aliphatic rings. The fraction of sp³-hybridized carbons (Fsp3) is 0.421. The molecular formula is C19H22ClFN4O6. The fourth-order valence-corrected chi connectivity index (χ4v) is 3.32. The number of halogens is 2. The van der Waals surface area contributed by atoms with Gasteiger partial charge in [0.2, 0.25) is 11.8 Å². The van der Waals surface area contributed by atoms with Crippen molar-refractivity contribution in [3.8, 4) is 0 Å². The van der Waals surface area contributed by atoms with Gasteiger partial charge in [0, 0.05) is 12.0 Å². The molecule has 0 aliphatic carbocycles. The first-order valence-corrected chi connectivity index (χ1v) is 9.69. The molecule has 3 amide bonds. The molecule has 31 heavy (non-hydrogen) atoms. The number of carboxylic acid groups (broad SMARTS) is 1. The van der Waals surface area contributed by atoms with Crippen molar-refractivity contribution in [2.75, 3.05) is 12.3 Å². The van der Waals surface area contributed by atoms with Crippen LogP contribution in [0.2, 0.25) is 5.02 Å². The number of rotatable bonds is 8. The predicted octanol–water partition coefficient (Wildman–Crippen LogP) is 0.138.